The molecule has 0 aliphatic carbocycles. The molecule has 0 saturated carbocycles. The van der Waals surface area contributed by atoms with Crippen LogP contribution < -0.4 is 4.74 Å². The number of rotatable bonds is 3. The molecule has 0 spiro atoms. The van der Waals surface area contributed by atoms with Gasteiger partial charge in [-0.25, -0.2) is 8.78 Å². The second-order valence-corrected chi connectivity index (χ2v) is 4.25. The molecule has 0 unspecified atom stereocenters. The topological polar surface area (TPSA) is 26.3 Å². The Bertz CT molecular complexity index is 641. The largest absolute Gasteiger partial charge is 0.456 e. The molecule has 0 aliphatic heterocycles. The zero-order valence-corrected chi connectivity index (χ0v) is 10.7. The molecule has 2 nitrogen and oxygen atoms in total. The van der Waals surface area contributed by atoms with Crippen molar-refractivity contribution in [2.45, 2.75) is 6.92 Å². The van der Waals surface area contributed by atoms with Crippen LogP contribution in [0.5, 0.6) is 11.5 Å². The number of carbonyl (C=O) groups is 1. The van der Waals surface area contributed by atoms with Gasteiger partial charge in [-0.3, -0.25) is 4.79 Å². The monoisotopic (exact) mass is 282 g/mol. The van der Waals surface area contributed by atoms with E-state index in [2.05, 4.69) is 0 Å². The normalized spacial score (nSPS) is 10.3. The summed E-state index contributed by atoms with van der Waals surface area (Å²) in [5, 5.41) is -0.0432. The van der Waals surface area contributed by atoms with E-state index in [9.17, 15) is 13.6 Å². The van der Waals surface area contributed by atoms with Crippen LogP contribution in [0.2, 0.25) is 5.02 Å². The number of ketones is 1. The third kappa shape index (κ3) is 2.90. The summed E-state index contributed by atoms with van der Waals surface area (Å²) in [5.74, 6) is -1.63. The van der Waals surface area contributed by atoms with E-state index in [-0.39, 0.29) is 22.1 Å². The molecule has 0 heterocycles. The molecule has 0 saturated heterocycles. The summed E-state index contributed by atoms with van der Waals surface area (Å²) in [6.45, 7) is 1.23. The molecule has 0 amide bonds. The van der Waals surface area contributed by atoms with E-state index in [0.29, 0.717) is 0 Å². The quantitative estimate of drug-likeness (QED) is 0.768. The van der Waals surface area contributed by atoms with Gasteiger partial charge in [0.05, 0.1) is 10.6 Å². The van der Waals surface area contributed by atoms with Crippen LogP contribution in [0.4, 0.5) is 8.78 Å². The second-order valence-electron chi connectivity index (χ2n) is 3.85. The van der Waals surface area contributed by atoms with Gasteiger partial charge in [0, 0.05) is 6.07 Å². The van der Waals surface area contributed by atoms with Crippen LogP contribution in [-0.2, 0) is 0 Å². The van der Waals surface area contributed by atoms with Gasteiger partial charge in [0.1, 0.15) is 23.1 Å². The van der Waals surface area contributed by atoms with Gasteiger partial charge in [0.2, 0.25) is 0 Å². The number of benzene rings is 2. The second kappa shape index (κ2) is 5.36. The Kier molecular flexibility index (Phi) is 3.81. The molecule has 0 atom stereocenters. The van der Waals surface area contributed by atoms with E-state index < -0.39 is 17.4 Å². The van der Waals surface area contributed by atoms with Crippen molar-refractivity contribution in [3.8, 4) is 11.5 Å². The molecule has 19 heavy (non-hydrogen) atoms. The zero-order chi connectivity index (χ0) is 14.0. The van der Waals surface area contributed by atoms with Crippen LogP contribution in [0.1, 0.15) is 17.3 Å². The van der Waals surface area contributed by atoms with E-state index in [4.69, 9.17) is 16.3 Å². The minimum atomic E-state index is -0.681. The summed E-state index contributed by atoms with van der Waals surface area (Å²) in [7, 11) is 0. The van der Waals surface area contributed by atoms with Crippen molar-refractivity contribution < 1.29 is 18.3 Å². The fraction of sp³-hybridized carbons (Fsp3) is 0.0714. The van der Waals surface area contributed by atoms with Gasteiger partial charge in [-0.1, -0.05) is 17.7 Å². The van der Waals surface area contributed by atoms with Crippen LogP contribution in [0.3, 0.4) is 0 Å². The van der Waals surface area contributed by atoms with Crippen LogP contribution >= 0.6 is 11.6 Å². The maximum Gasteiger partial charge on any atom is 0.166 e. The summed E-state index contributed by atoms with van der Waals surface area (Å²) in [4.78, 5) is 11.4. The average Bonchev–Trinajstić information content (AvgIpc) is 2.33. The Hall–Kier alpha value is -1.94. The molecular weight excluding hydrogens is 274 g/mol. The molecule has 98 valence electrons. The van der Waals surface area contributed by atoms with Crippen molar-refractivity contribution >= 4 is 17.4 Å². The first kappa shape index (κ1) is 13.5. The van der Waals surface area contributed by atoms with E-state index >= 15 is 0 Å². The standard InChI is InChI=1S/C14H9ClF2O2/c1-8(18)14-11(16)3-2-4-13(14)19-9-5-6-10(15)12(17)7-9/h2-7H,1H3. The summed E-state index contributed by atoms with van der Waals surface area (Å²) in [6.07, 6.45) is 0. The van der Waals surface area contributed by atoms with Gasteiger partial charge < -0.3 is 4.74 Å². The number of hydrogen-bond donors (Lipinski definition) is 0. The van der Waals surface area contributed by atoms with Gasteiger partial charge in [0.15, 0.2) is 5.78 Å². The predicted molar refractivity (Wildman–Crippen MR) is 67.9 cm³/mol. The van der Waals surface area contributed by atoms with Crippen molar-refractivity contribution in [2.75, 3.05) is 0 Å². The van der Waals surface area contributed by atoms with Crippen LogP contribution in [0, 0.1) is 11.6 Å². The lowest BCUT2D eigenvalue weighted by Gasteiger charge is -2.10. The van der Waals surface area contributed by atoms with Crippen LogP contribution in [-0.4, -0.2) is 5.78 Å². The van der Waals surface area contributed by atoms with Crippen LogP contribution in [0.25, 0.3) is 0 Å². The molecule has 0 N–H and O–H groups in total. The van der Waals surface area contributed by atoms with Gasteiger partial charge in [0.25, 0.3) is 0 Å². The maximum absolute atomic E-state index is 13.6. The highest BCUT2D eigenvalue weighted by Gasteiger charge is 2.15. The first-order valence-corrected chi connectivity index (χ1v) is 5.79. The van der Waals surface area contributed by atoms with Crippen molar-refractivity contribution in [2.24, 2.45) is 0 Å². The summed E-state index contributed by atoms with van der Waals surface area (Å²) in [6, 6.07) is 7.82. The Morgan fingerprint density at radius 2 is 1.89 bits per heavy atom. The average molecular weight is 283 g/mol. The number of carbonyl (C=O) groups excluding carboxylic acids is 1. The van der Waals surface area contributed by atoms with Gasteiger partial charge in [-0.15, -0.1) is 0 Å². The SMILES string of the molecule is CC(=O)c1c(F)cccc1Oc1ccc(Cl)c(F)c1. The predicted octanol–water partition coefficient (Wildman–Crippen LogP) is 4.61. The highest BCUT2D eigenvalue weighted by Crippen LogP contribution is 2.29. The first-order chi connectivity index (χ1) is 8.99. The van der Waals surface area contributed by atoms with Crippen molar-refractivity contribution in [3.05, 3.63) is 58.6 Å². The molecule has 0 aromatic heterocycles. The van der Waals surface area contributed by atoms with E-state index in [0.717, 1.165) is 12.1 Å². The lowest BCUT2D eigenvalue weighted by Crippen LogP contribution is -2.01. The Morgan fingerprint density at radius 1 is 1.16 bits per heavy atom. The number of ether oxygens (including phenoxy) is 1. The summed E-state index contributed by atoms with van der Waals surface area (Å²) in [5.41, 5.74) is -0.169. The fourth-order valence-corrected chi connectivity index (χ4v) is 1.72. The fourth-order valence-electron chi connectivity index (χ4n) is 1.60. The summed E-state index contributed by atoms with van der Waals surface area (Å²) < 4.78 is 32.1. The minimum Gasteiger partial charge on any atom is -0.456 e. The van der Waals surface area contributed by atoms with Gasteiger partial charge >= 0.3 is 0 Å². The molecule has 0 radical (unpaired) electrons. The first-order valence-electron chi connectivity index (χ1n) is 5.41. The Balaban J connectivity index is 2.40. The van der Waals surface area contributed by atoms with E-state index in [1.54, 1.807) is 0 Å². The van der Waals surface area contributed by atoms with E-state index in [1.165, 1.54) is 31.2 Å². The van der Waals surface area contributed by atoms with Gasteiger partial charge in [-0.05, 0) is 31.2 Å². The molecule has 0 bridgehead atoms. The highest BCUT2D eigenvalue weighted by molar-refractivity contribution is 6.30. The molecule has 2 aromatic rings. The smallest absolute Gasteiger partial charge is 0.166 e. The van der Waals surface area contributed by atoms with E-state index in [1.807, 2.05) is 0 Å². The third-order valence-corrected chi connectivity index (χ3v) is 2.75. The lowest BCUT2D eigenvalue weighted by atomic mass is 10.1. The minimum absolute atomic E-state index is 0.0363. The molecular formula is C14H9ClF2O2. The molecule has 0 aliphatic rings. The highest BCUT2D eigenvalue weighted by atomic mass is 35.5. The molecule has 5 heteroatoms. The van der Waals surface area contributed by atoms with Crippen molar-refractivity contribution in [1.82, 2.24) is 0 Å². The Morgan fingerprint density at radius 3 is 2.53 bits per heavy atom. The maximum atomic E-state index is 13.6. The van der Waals surface area contributed by atoms with Crippen molar-refractivity contribution in [3.63, 3.8) is 0 Å². The van der Waals surface area contributed by atoms with Crippen LogP contribution in [0.15, 0.2) is 36.4 Å². The number of halogens is 3. The number of Topliss-reactive ketones (excluding diaryl/α,β-unsaturated/α-hetero) is 1. The molecule has 2 rings (SSSR count). The molecule has 2 aromatic carbocycles. The summed E-state index contributed by atoms with van der Waals surface area (Å²) >= 11 is 5.55. The number of hydrogen-bond acceptors (Lipinski definition) is 2. The lowest BCUT2D eigenvalue weighted by molar-refractivity contribution is 0.101. The van der Waals surface area contributed by atoms with Gasteiger partial charge in [-0.2, -0.15) is 0 Å². The third-order valence-electron chi connectivity index (χ3n) is 2.45. The zero-order valence-electron chi connectivity index (χ0n) is 9.91. The Labute approximate surface area is 113 Å². The molecule has 0 fully saturated rings. The van der Waals surface area contributed by atoms with Crippen molar-refractivity contribution in [1.29, 1.82) is 0 Å².